The Morgan fingerprint density at radius 3 is 1.39 bits per heavy atom. The van der Waals surface area contributed by atoms with Crippen molar-refractivity contribution in [2.75, 3.05) is 13.2 Å². The first-order valence-electron chi connectivity index (χ1n) is 10.1. The molecule has 0 bridgehead atoms. The van der Waals surface area contributed by atoms with Crippen LogP contribution < -0.4 is 0 Å². The molecule has 0 N–H and O–H groups in total. The summed E-state index contributed by atoms with van der Waals surface area (Å²) >= 11 is 0. The fraction of sp³-hybridized carbons (Fsp3) is 0.818. The van der Waals surface area contributed by atoms with E-state index in [1.54, 1.807) is 0 Å². The topological polar surface area (TPSA) is 9.23 Å². The Hall–Kier alpha value is -0.560. The van der Waals surface area contributed by atoms with Gasteiger partial charge >= 0.3 is 0 Å². The van der Waals surface area contributed by atoms with Gasteiger partial charge in [-0.05, 0) is 62.2 Å². The van der Waals surface area contributed by atoms with Crippen LogP contribution in [0, 0.1) is 23.7 Å². The predicted molar refractivity (Wildman–Crippen MR) is 101 cm³/mol. The Morgan fingerprint density at radius 2 is 1.00 bits per heavy atom. The molecule has 23 heavy (non-hydrogen) atoms. The van der Waals surface area contributed by atoms with Gasteiger partial charge in [-0.25, -0.2) is 0 Å². The molecule has 0 unspecified atom stereocenters. The lowest BCUT2D eigenvalue weighted by Gasteiger charge is -2.25. The summed E-state index contributed by atoms with van der Waals surface area (Å²) < 4.78 is 5.67. The van der Waals surface area contributed by atoms with Crippen LogP contribution in [0.5, 0.6) is 0 Å². The second-order valence-electron chi connectivity index (χ2n) is 8.20. The maximum Gasteiger partial charge on any atom is 0.0651 e. The Morgan fingerprint density at radius 1 is 0.609 bits per heavy atom. The SMILES string of the molecule is CC1CCC(CC=CCOCC=CCC2CCC(C)CC2)CC1. The minimum absolute atomic E-state index is 0.772. The van der Waals surface area contributed by atoms with Gasteiger partial charge in [-0.3, -0.25) is 0 Å². The highest BCUT2D eigenvalue weighted by Crippen LogP contribution is 2.31. The summed E-state index contributed by atoms with van der Waals surface area (Å²) in [7, 11) is 0. The smallest absolute Gasteiger partial charge is 0.0651 e. The van der Waals surface area contributed by atoms with Gasteiger partial charge in [0, 0.05) is 0 Å². The van der Waals surface area contributed by atoms with E-state index in [-0.39, 0.29) is 0 Å². The van der Waals surface area contributed by atoms with Crippen molar-refractivity contribution in [1.29, 1.82) is 0 Å². The van der Waals surface area contributed by atoms with Gasteiger partial charge < -0.3 is 4.74 Å². The summed E-state index contributed by atoms with van der Waals surface area (Å²) in [5.74, 6) is 3.78. The summed E-state index contributed by atoms with van der Waals surface area (Å²) in [5.41, 5.74) is 0. The lowest BCUT2D eigenvalue weighted by molar-refractivity contribution is 0.193. The van der Waals surface area contributed by atoms with E-state index in [2.05, 4.69) is 38.2 Å². The largest absolute Gasteiger partial charge is 0.373 e. The molecule has 2 aliphatic carbocycles. The van der Waals surface area contributed by atoms with E-state index in [9.17, 15) is 0 Å². The number of allylic oxidation sites excluding steroid dienone is 2. The fourth-order valence-corrected chi connectivity index (χ4v) is 4.05. The van der Waals surface area contributed by atoms with Crippen LogP contribution in [0.15, 0.2) is 24.3 Å². The highest BCUT2D eigenvalue weighted by atomic mass is 16.5. The van der Waals surface area contributed by atoms with Gasteiger partial charge in [0.05, 0.1) is 13.2 Å². The molecule has 2 aliphatic rings. The van der Waals surface area contributed by atoms with Crippen molar-refractivity contribution >= 4 is 0 Å². The normalized spacial score (nSPS) is 32.8. The molecular formula is C22H38O. The molecule has 2 rings (SSSR count). The fourth-order valence-electron chi connectivity index (χ4n) is 4.05. The molecule has 0 amide bonds. The van der Waals surface area contributed by atoms with Gasteiger partial charge in [0.15, 0.2) is 0 Å². The zero-order chi connectivity index (χ0) is 16.3. The minimum Gasteiger partial charge on any atom is -0.373 e. The van der Waals surface area contributed by atoms with Crippen LogP contribution in [0.1, 0.15) is 78.1 Å². The molecule has 0 atom stereocenters. The number of hydrogen-bond acceptors (Lipinski definition) is 1. The third-order valence-corrected chi connectivity index (χ3v) is 5.97. The van der Waals surface area contributed by atoms with Gasteiger partial charge in [-0.2, -0.15) is 0 Å². The first kappa shape index (κ1) is 18.8. The van der Waals surface area contributed by atoms with E-state index in [1.807, 2.05) is 0 Å². The van der Waals surface area contributed by atoms with Crippen LogP contribution in [0.25, 0.3) is 0 Å². The summed E-state index contributed by atoms with van der Waals surface area (Å²) in [6.07, 6.45) is 23.1. The number of rotatable bonds is 8. The average Bonchev–Trinajstić information content (AvgIpc) is 2.56. The molecule has 0 saturated heterocycles. The zero-order valence-electron chi connectivity index (χ0n) is 15.5. The van der Waals surface area contributed by atoms with Crippen molar-refractivity contribution in [2.45, 2.75) is 78.1 Å². The molecule has 2 saturated carbocycles. The average molecular weight is 319 g/mol. The van der Waals surface area contributed by atoms with Gasteiger partial charge in [0.2, 0.25) is 0 Å². The van der Waals surface area contributed by atoms with Crippen LogP contribution in [-0.2, 0) is 4.74 Å². The van der Waals surface area contributed by atoms with E-state index < -0.39 is 0 Å². The van der Waals surface area contributed by atoms with Crippen molar-refractivity contribution in [2.24, 2.45) is 23.7 Å². The van der Waals surface area contributed by atoms with Crippen molar-refractivity contribution in [3.8, 4) is 0 Å². The summed E-state index contributed by atoms with van der Waals surface area (Å²) in [6, 6.07) is 0. The maximum absolute atomic E-state index is 5.67. The summed E-state index contributed by atoms with van der Waals surface area (Å²) in [4.78, 5) is 0. The van der Waals surface area contributed by atoms with Crippen LogP contribution in [0.2, 0.25) is 0 Å². The summed E-state index contributed by atoms with van der Waals surface area (Å²) in [6.45, 7) is 6.33. The van der Waals surface area contributed by atoms with E-state index >= 15 is 0 Å². The van der Waals surface area contributed by atoms with Gasteiger partial charge in [-0.15, -0.1) is 0 Å². The molecule has 132 valence electrons. The first-order valence-corrected chi connectivity index (χ1v) is 10.1. The van der Waals surface area contributed by atoms with Crippen LogP contribution in [0.3, 0.4) is 0 Å². The lowest BCUT2D eigenvalue weighted by atomic mass is 9.81. The molecule has 0 aromatic heterocycles. The standard InChI is InChI=1S/C22H38O/c1-19-9-13-21(14-10-19)7-3-5-17-23-18-6-4-8-22-15-11-20(2)12-16-22/h3-6,19-22H,7-18H2,1-2H3. The molecule has 2 fully saturated rings. The van der Waals surface area contributed by atoms with Gasteiger partial charge in [0.25, 0.3) is 0 Å². The van der Waals surface area contributed by atoms with Gasteiger partial charge in [-0.1, -0.05) is 63.8 Å². The van der Waals surface area contributed by atoms with E-state index in [4.69, 9.17) is 4.74 Å². The van der Waals surface area contributed by atoms with E-state index in [0.29, 0.717) is 0 Å². The van der Waals surface area contributed by atoms with Crippen LogP contribution >= 0.6 is 0 Å². The molecule has 0 radical (unpaired) electrons. The monoisotopic (exact) mass is 318 g/mol. The van der Waals surface area contributed by atoms with Crippen LogP contribution in [0.4, 0.5) is 0 Å². The van der Waals surface area contributed by atoms with Crippen LogP contribution in [-0.4, -0.2) is 13.2 Å². The highest BCUT2D eigenvalue weighted by Gasteiger charge is 2.17. The van der Waals surface area contributed by atoms with Crippen molar-refractivity contribution in [3.05, 3.63) is 24.3 Å². The van der Waals surface area contributed by atoms with Crippen molar-refractivity contribution < 1.29 is 4.74 Å². The summed E-state index contributed by atoms with van der Waals surface area (Å²) in [5, 5.41) is 0. The second-order valence-corrected chi connectivity index (χ2v) is 8.20. The lowest BCUT2D eigenvalue weighted by Crippen LogP contribution is -2.11. The third-order valence-electron chi connectivity index (χ3n) is 5.97. The molecule has 0 aliphatic heterocycles. The Kier molecular flexibility index (Phi) is 9.04. The molecule has 1 nitrogen and oxygen atoms in total. The van der Waals surface area contributed by atoms with E-state index in [0.717, 1.165) is 36.9 Å². The van der Waals surface area contributed by atoms with Crippen molar-refractivity contribution in [3.63, 3.8) is 0 Å². The molecule has 0 aromatic rings. The molecular weight excluding hydrogens is 280 g/mol. The molecule has 0 aromatic carbocycles. The van der Waals surface area contributed by atoms with Crippen molar-refractivity contribution in [1.82, 2.24) is 0 Å². The molecule has 0 spiro atoms. The minimum atomic E-state index is 0.772. The first-order chi connectivity index (χ1) is 11.2. The Bertz CT molecular complexity index is 307. The quantitative estimate of drug-likeness (QED) is 0.364. The third kappa shape index (κ3) is 8.20. The zero-order valence-corrected chi connectivity index (χ0v) is 15.5. The Labute approximate surface area is 144 Å². The number of hydrogen-bond donors (Lipinski definition) is 0. The predicted octanol–water partition coefficient (Wildman–Crippen LogP) is 6.55. The number of ether oxygens (including phenoxy) is 1. The molecule has 1 heteroatoms. The highest BCUT2D eigenvalue weighted by molar-refractivity contribution is 4.88. The maximum atomic E-state index is 5.67. The molecule has 0 heterocycles. The van der Waals surface area contributed by atoms with E-state index in [1.165, 1.54) is 64.2 Å². The van der Waals surface area contributed by atoms with Gasteiger partial charge in [0.1, 0.15) is 0 Å². The second kappa shape index (κ2) is 11.1. The Balaban J connectivity index is 1.43.